The zero-order valence-corrected chi connectivity index (χ0v) is 15.0. The monoisotopic (exact) mass is 388 g/mol. The number of benzene rings is 1. The predicted molar refractivity (Wildman–Crippen MR) is 91.4 cm³/mol. The van der Waals surface area contributed by atoms with Gasteiger partial charge in [-0.25, -0.2) is 13.1 Å². The molecule has 0 aliphatic rings. The maximum atomic E-state index is 12.2. The van der Waals surface area contributed by atoms with E-state index in [1.165, 1.54) is 4.88 Å². The number of thiophene rings is 1. The molecule has 0 saturated heterocycles. The number of anilines is 1. The fraction of sp³-hybridized carbons (Fsp3) is 0.286. The minimum absolute atomic E-state index is 0.277. The molecule has 1 heterocycles. The van der Waals surface area contributed by atoms with Gasteiger partial charge in [-0.3, -0.25) is 0 Å². The van der Waals surface area contributed by atoms with Gasteiger partial charge in [-0.05, 0) is 41.1 Å². The van der Waals surface area contributed by atoms with Crippen LogP contribution in [0.5, 0.6) is 0 Å². The molecule has 0 aliphatic carbocycles. The Kier molecular flexibility index (Phi) is 5.43. The molecule has 0 aliphatic heterocycles. The van der Waals surface area contributed by atoms with Gasteiger partial charge in [0.1, 0.15) is 4.90 Å². The van der Waals surface area contributed by atoms with Crippen molar-refractivity contribution in [3.05, 3.63) is 44.6 Å². The van der Waals surface area contributed by atoms with Gasteiger partial charge in [-0.15, -0.1) is 11.3 Å². The number of para-hydroxylation sites is 1. The maximum Gasteiger partial charge on any atom is 0.242 e. The average molecular weight is 389 g/mol. The number of rotatable bonds is 6. The normalized spacial score (nSPS) is 11.6. The van der Waals surface area contributed by atoms with E-state index in [0.29, 0.717) is 18.8 Å². The van der Waals surface area contributed by atoms with Crippen LogP contribution in [0.1, 0.15) is 16.7 Å². The SMILES string of the molecule is CCNS(=O)(=O)c1ccccc1NCc1cc(Br)c(C)s1. The Bertz CT molecular complexity index is 707. The number of hydrogen-bond acceptors (Lipinski definition) is 4. The molecular formula is C14H17BrN2O2S2. The summed E-state index contributed by atoms with van der Waals surface area (Å²) < 4.78 is 27.9. The lowest BCUT2D eigenvalue weighted by molar-refractivity contribution is 0.584. The van der Waals surface area contributed by atoms with Crippen LogP contribution < -0.4 is 10.0 Å². The Morgan fingerprint density at radius 3 is 2.62 bits per heavy atom. The smallest absolute Gasteiger partial charge is 0.242 e. The highest BCUT2D eigenvalue weighted by Crippen LogP contribution is 2.28. The van der Waals surface area contributed by atoms with E-state index in [-0.39, 0.29) is 4.90 Å². The second-order valence-corrected chi connectivity index (χ2v) is 8.40. The molecule has 1 aromatic carbocycles. The first-order chi connectivity index (χ1) is 9.94. The van der Waals surface area contributed by atoms with E-state index in [1.807, 2.05) is 13.0 Å². The van der Waals surface area contributed by atoms with Crippen LogP contribution >= 0.6 is 27.3 Å². The number of sulfonamides is 1. The summed E-state index contributed by atoms with van der Waals surface area (Å²) in [6.07, 6.45) is 0. The molecule has 0 fully saturated rings. The first kappa shape index (κ1) is 16.5. The highest BCUT2D eigenvalue weighted by Gasteiger charge is 2.17. The minimum atomic E-state index is -3.47. The van der Waals surface area contributed by atoms with Gasteiger partial charge in [0, 0.05) is 27.3 Å². The molecule has 0 unspecified atom stereocenters. The summed E-state index contributed by atoms with van der Waals surface area (Å²) in [5.74, 6) is 0. The topological polar surface area (TPSA) is 58.2 Å². The summed E-state index contributed by atoms with van der Waals surface area (Å²) in [4.78, 5) is 2.63. The largest absolute Gasteiger partial charge is 0.379 e. The van der Waals surface area contributed by atoms with Crippen molar-refractivity contribution >= 4 is 43.0 Å². The summed E-state index contributed by atoms with van der Waals surface area (Å²) in [6, 6.07) is 8.98. The number of nitrogens with one attached hydrogen (secondary N) is 2. The van der Waals surface area contributed by atoms with Gasteiger partial charge in [0.25, 0.3) is 0 Å². The molecule has 0 amide bonds. The van der Waals surface area contributed by atoms with E-state index in [9.17, 15) is 8.42 Å². The summed E-state index contributed by atoms with van der Waals surface area (Å²) in [6.45, 7) is 4.77. The third-order valence-electron chi connectivity index (χ3n) is 2.87. The molecular weight excluding hydrogens is 372 g/mol. The molecule has 2 rings (SSSR count). The first-order valence-electron chi connectivity index (χ1n) is 6.51. The van der Waals surface area contributed by atoms with Crippen molar-refractivity contribution in [3.8, 4) is 0 Å². The van der Waals surface area contributed by atoms with Gasteiger partial charge in [0.05, 0.1) is 5.69 Å². The van der Waals surface area contributed by atoms with E-state index in [1.54, 1.807) is 36.5 Å². The average Bonchev–Trinajstić information content (AvgIpc) is 2.76. The third kappa shape index (κ3) is 4.06. The fourth-order valence-electron chi connectivity index (χ4n) is 1.90. The van der Waals surface area contributed by atoms with Crippen LogP contribution in [0.25, 0.3) is 0 Å². The van der Waals surface area contributed by atoms with Crippen LogP contribution in [0.2, 0.25) is 0 Å². The molecule has 1 aromatic heterocycles. The molecule has 21 heavy (non-hydrogen) atoms. The highest BCUT2D eigenvalue weighted by atomic mass is 79.9. The second-order valence-electron chi connectivity index (χ2n) is 4.47. The van der Waals surface area contributed by atoms with E-state index in [0.717, 1.165) is 9.35 Å². The Hall–Kier alpha value is -0.890. The van der Waals surface area contributed by atoms with Crippen LogP contribution in [0, 0.1) is 6.92 Å². The van der Waals surface area contributed by atoms with Crippen LogP contribution in [0.15, 0.2) is 39.7 Å². The highest BCUT2D eigenvalue weighted by molar-refractivity contribution is 9.10. The first-order valence-corrected chi connectivity index (χ1v) is 9.60. The Balaban J connectivity index is 2.21. The van der Waals surface area contributed by atoms with Gasteiger partial charge >= 0.3 is 0 Å². The van der Waals surface area contributed by atoms with Gasteiger partial charge in [-0.1, -0.05) is 19.1 Å². The molecule has 0 spiro atoms. The molecule has 0 atom stereocenters. The van der Waals surface area contributed by atoms with Crippen molar-refractivity contribution in [2.45, 2.75) is 25.3 Å². The zero-order chi connectivity index (χ0) is 15.5. The van der Waals surface area contributed by atoms with Crippen molar-refractivity contribution in [1.82, 2.24) is 4.72 Å². The van der Waals surface area contributed by atoms with E-state index in [2.05, 4.69) is 32.0 Å². The molecule has 2 N–H and O–H groups in total. The number of halogens is 1. The van der Waals surface area contributed by atoms with Crippen molar-refractivity contribution in [2.75, 3.05) is 11.9 Å². The lowest BCUT2D eigenvalue weighted by atomic mass is 10.3. The Morgan fingerprint density at radius 2 is 2.00 bits per heavy atom. The fourth-order valence-corrected chi connectivity index (χ4v) is 4.67. The number of hydrogen-bond donors (Lipinski definition) is 2. The maximum absolute atomic E-state index is 12.2. The Morgan fingerprint density at radius 1 is 1.29 bits per heavy atom. The molecule has 2 aromatic rings. The van der Waals surface area contributed by atoms with Crippen molar-refractivity contribution in [3.63, 3.8) is 0 Å². The van der Waals surface area contributed by atoms with Crippen LogP contribution in [0.4, 0.5) is 5.69 Å². The van der Waals surface area contributed by atoms with Crippen LogP contribution in [-0.4, -0.2) is 15.0 Å². The van der Waals surface area contributed by atoms with E-state index >= 15 is 0 Å². The Labute approximate surface area is 137 Å². The van der Waals surface area contributed by atoms with E-state index in [4.69, 9.17) is 0 Å². The lowest BCUT2D eigenvalue weighted by Gasteiger charge is -2.12. The van der Waals surface area contributed by atoms with Gasteiger partial charge in [0.2, 0.25) is 10.0 Å². The standard InChI is InChI=1S/C14H17BrN2O2S2/c1-3-17-21(18,19)14-7-5-4-6-13(14)16-9-11-8-12(15)10(2)20-11/h4-8,16-17H,3,9H2,1-2H3. The van der Waals surface area contributed by atoms with Gasteiger partial charge < -0.3 is 5.32 Å². The zero-order valence-electron chi connectivity index (χ0n) is 11.8. The molecule has 4 nitrogen and oxygen atoms in total. The van der Waals surface area contributed by atoms with Gasteiger partial charge in [0.15, 0.2) is 0 Å². The van der Waals surface area contributed by atoms with E-state index < -0.39 is 10.0 Å². The summed E-state index contributed by atoms with van der Waals surface area (Å²) >= 11 is 5.17. The molecule has 0 saturated carbocycles. The molecule has 0 bridgehead atoms. The molecule has 0 radical (unpaired) electrons. The third-order valence-corrected chi connectivity index (χ3v) is 6.61. The minimum Gasteiger partial charge on any atom is -0.379 e. The lowest BCUT2D eigenvalue weighted by Crippen LogP contribution is -2.24. The van der Waals surface area contributed by atoms with Crippen molar-refractivity contribution in [1.29, 1.82) is 0 Å². The summed E-state index contributed by atoms with van der Waals surface area (Å²) in [5.41, 5.74) is 0.612. The second kappa shape index (κ2) is 6.91. The predicted octanol–water partition coefficient (Wildman–Crippen LogP) is 3.73. The number of aryl methyl sites for hydroxylation is 1. The van der Waals surface area contributed by atoms with Crippen LogP contribution in [-0.2, 0) is 16.6 Å². The van der Waals surface area contributed by atoms with Crippen LogP contribution in [0.3, 0.4) is 0 Å². The van der Waals surface area contributed by atoms with Gasteiger partial charge in [-0.2, -0.15) is 0 Å². The molecule has 114 valence electrons. The quantitative estimate of drug-likeness (QED) is 0.792. The van der Waals surface area contributed by atoms with Crippen molar-refractivity contribution in [2.24, 2.45) is 0 Å². The molecule has 7 heteroatoms. The van der Waals surface area contributed by atoms with Crippen molar-refractivity contribution < 1.29 is 8.42 Å². The summed E-state index contributed by atoms with van der Waals surface area (Å²) in [7, 11) is -3.47. The summed E-state index contributed by atoms with van der Waals surface area (Å²) in [5, 5.41) is 3.21.